The standard InChI is InChI=1S/C8H18BrSi2/c1-11(2)8-4-7-10-6-3-5-9/h3-8H2,1-2H3. The first-order valence-corrected chi connectivity index (χ1v) is 9.57. The Morgan fingerprint density at radius 1 is 1.18 bits per heavy atom. The molecule has 0 aliphatic rings. The molecule has 11 heavy (non-hydrogen) atoms. The zero-order valence-corrected chi connectivity index (χ0v) is 11.2. The van der Waals surface area contributed by atoms with Crippen LogP contribution in [-0.2, 0) is 0 Å². The monoisotopic (exact) mass is 249 g/mol. The van der Waals surface area contributed by atoms with E-state index in [4.69, 9.17) is 0 Å². The van der Waals surface area contributed by atoms with Gasteiger partial charge in [-0.2, -0.15) is 0 Å². The van der Waals surface area contributed by atoms with E-state index in [1.54, 1.807) is 0 Å². The lowest BCUT2D eigenvalue weighted by Crippen LogP contribution is -1.99. The first kappa shape index (κ1) is 11.9. The molecule has 0 bridgehead atoms. The van der Waals surface area contributed by atoms with Gasteiger partial charge in [0.2, 0.25) is 0 Å². The molecule has 0 nitrogen and oxygen atoms in total. The van der Waals surface area contributed by atoms with Gasteiger partial charge in [-0.3, -0.25) is 0 Å². The molecule has 0 unspecified atom stereocenters. The van der Waals surface area contributed by atoms with Crippen LogP contribution in [0.3, 0.4) is 0 Å². The third kappa shape index (κ3) is 10.9. The lowest BCUT2D eigenvalue weighted by Gasteiger charge is -2.01. The summed E-state index contributed by atoms with van der Waals surface area (Å²) >= 11 is 3.45. The van der Waals surface area contributed by atoms with Crippen LogP contribution in [0.2, 0.25) is 31.2 Å². The van der Waals surface area contributed by atoms with Crippen LogP contribution in [0.4, 0.5) is 0 Å². The molecule has 0 heterocycles. The fraction of sp³-hybridized carbons (Fsp3) is 1.00. The fourth-order valence-electron chi connectivity index (χ4n) is 0.884. The molecule has 3 heteroatoms. The zero-order valence-electron chi connectivity index (χ0n) is 7.62. The summed E-state index contributed by atoms with van der Waals surface area (Å²) < 4.78 is 0. The van der Waals surface area contributed by atoms with Crippen molar-refractivity contribution in [1.29, 1.82) is 0 Å². The zero-order chi connectivity index (χ0) is 8.53. The van der Waals surface area contributed by atoms with Gasteiger partial charge in [0.1, 0.15) is 0 Å². The molecule has 0 saturated heterocycles. The minimum Gasteiger partial charge on any atom is -0.0928 e. The van der Waals surface area contributed by atoms with Crippen molar-refractivity contribution >= 4 is 34.2 Å². The van der Waals surface area contributed by atoms with E-state index in [0.29, 0.717) is 0 Å². The minimum atomic E-state index is 0.0680. The maximum Gasteiger partial charge on any atom is 0.0412 e. The van der Waals surface area contributed by atoms with E-state index >= 15 is 0 Å². The Hall–Kier alpha value is 0.914. The van der Waals surface area contributed by atoms with Crippen LogP contribution < -0.4 is 0 Å². The Kier molecular flexibility index (Phi) is 9.75. The second-order valence-corrected chi connectivity index (χ2v) is 8.31. The summed E-state index contributed by atoms with van der Waals surface area (Å²) in [4.78, 5) is 0. The second-order valence-electron chi connectivity index (χ2n) is 3.10. The highest BCUT2D eigenvalue weighted by atomic mass is 79.9. The van der Waals surface area contributed by atoms with E-state index < -0.39 is 0 Å². The van der Waals surface area contributed by atoms with E-state index in [9.17, 15) is 0 Å². The number of hydrogen-bond donors (Lipinski definition) is 0. The number of hydrogen-bond acceptors (Lipinski definition) is 0. The Morgan fingerprint density at radius 3 is 2.36 bits per heavy atom. The highest BCUT2D eigenvalue weighted by Crippen LogP contribution is 2.03. The van der Waals surface area contributed by atoms with Gasteiger partial charge >= 0.3 is 0 Å². The summed E-state index contributed by atoms with van der Waals surface area (Å²) in [5.41, 5.74) is 0. The van der Waals surface area contributed by atoms with Crippen LogP contribution in [0.15, 0.2) is 0 Å². The first-order chi connectivity index (χ1) is 5.27. The van der Waals surface area contributed by atoms with Crippen LogP contribution >= 0.6 is 15.9 Å². The molecule has 0 amide bonds. The van der Waals surface area contributed by atoms with Crippen LogP contribution in [0.25, 0.3) is 0 Å². The summed E-state index contributed by atoms with van der Waals surface area (Å²) in [6.07, 6.45) is 2.86. The molecule has 0 aliphatic heterocycles. The molecule has 0 N–H and O–H groups in total. The topological polar surface area (TPSA) is 0 Å². The van der Waals surface area contributed by atoms with Gasteiger partial charge in [0, 0.05) is 23.6 Å². The van der Waals surface area contributed by atoms with Gasteiger partial charge in [-0.05, 0) is 6.42 Å². The number of halogens is 1. The Morgan fingerprint density at radius 2 is 1.82 bits per heavy atom. The average molecular weight is 250 g/mol. The van der Waals surface area contributed by atoms with Crippen molar-refractivity contribution in [3.8, 4) is 0 Å². The normalized spacial score (nSPS) is 10.9. The molecule has 0 atom stereocenters. The maximum absolute atomic E-state index is 3.45. The van der Waals surface area contributed by atoms with Crippen LogP contribution in [0.1, 0.15) is 12.8 Å². The van der Waals surface area contributed by atoms with Gasteiger partial charge in [0.05, 0.1) is 0 Å². The van der Waals surface area contributed by atoms with Crippen molar-refractivity contribution in [3.05, 3.63) is 0 Å². The van der Waals surface area contributed by atoms with Crippen molar-refractivity contribution < 1.29 is 0 Å². The predicted molar refractivity (Wildman–Crippen MR) is 60.7 cm³/mol. The lowest BCUT2D eigenvalue weighted by molar-refractivity contribution is 1.02. The van der Waals surface area contributed by atoms with Crippen LogP contribution in [0.5, 0.6) is 0 Å². The third-order valence-electron chi connectivity index (χ3n) is 1.52. The summed E-state index contributed by atoms with van der Waals surface area (Å²) in [5.74, 6) is 0. The molecular formula is C8H18BrSi2. The number of rotatable bonds is 7. The summed E-state index contributed by atoms with van der Waals surface area (Å²) in [7, 11) is 1.29. The van der Waals surface area contributed by atoms with Gasteiger partial charge in [0.15, 0.2) is 0 Å². The maximum atomic E-state index is 3.45. The van der Waals surface area contributed by atoms with Gasteiger partial charge in [-0.25, -0.2) is 0 Å². The lowest BCUT2D eigenvalue weighted by atomic mass is 10.6. The van der Waals surface area contributed by atoms with Crippen LogP contribution in [-0.4, -0.2) is 23.6 Å². The first-order valence-electron chi connectivity index (χ1n) is 4.33. The van der Waals surface area contributed by atoms with E-state index in [2.05, 4.69) is 29.0 Å². The molecule has 0 aromatic heterocycles. The van der Waals surface area contributed by atoms with E-state index in [0.717, 1.165) is 0 Å². The van der Waals surface area contributed by atoms with Crippen molar-refractivity contribution in [2.24, 2.45) is 0 Å². The molecule has 0 aliphatic carbocycles. The molecule has 0 fully saturated rings. The molecule has 0 rings (SSSR count). The molecule has 0 spiro atoms. The molecule has 65 valence electrons. The fourth-order valence-corrected chi connectivity index (χ4v) is 4.02. The smallest absolute Gasteiger partial charge is 0.0412 e. The van der Waals surface area contributed by atoms with Crippen molar-refractivity contribution in [1.82, 2.24) is 0 Å². The van der Waals surface area contributed by atoms with E-state index in [-0.39, 0.29) is 8.80 Å². The Balaban J connectivity index is 2.80. The van der Waals surface area contributed by atoms with E-state index in [1.165, 1.54) is 45.8 Å². The molecular weight excluding hydrogens is 232 g/mol. The Labute approximate surface area is 83.7 Å². The van der Waals surface area contributed by atoms with Crippen LogP contribution in [0, 0.1) is 0 Å². The SMILES string of the molecule is C[Si](C)CCC[Si]CCCBr. The summed E-state index contributed by atoms with van der Waals surface area (Å²) in [6.45, 7) is 4.82. The molecule has 3 radical (unpaired) electrons. The van der Waals surface area contributed by atoms with E-state index in [1.807, 2.05) is 0 Å². The quantitative estimate of drug-likeness (QED) is 0.369. The second kappa shape index (κ2) is 9.01. The Bertz CT molecular complexity index is 76.5. The minimum absolute atomic E-state index is 0.0680. The highest BCUT2D eigenvalue weighted by molar-refractivity contribution is 9.09. The van der Waals surface area contributed by atoms with Gasteiger partial charge < -0.3 is 0 Å². The van der Waals surface area contributed by atoms with Crippen molar-refractivity contribution in [3.63, 3.8) is 0 Å². The number of alkyl halides is 1. The highest BCUT2D eigenvalue weighted by Gasteiger charge is 1.95. The van der Waals surface area contributed by atoms with Crippen molar-refractivity contribution in [2.75, 3.05) is 5.33 Å². The largest absolute Gasteiger partial charge is 0.0928 e. The third-order valence-corrected chi connectivity index (χ3v) is 4.85. The summed E-state index contributed by atoms with van der Waals surface area (Å²) in [6, 6.07) is 4.45. The van der Waals surface area contributed by atoms with Gasteiger partial charge in [0.25, 0.3) is 0 Å². The summed E-state index contributed by atoms with van der Waals surface area (Å²) in [5, 5.41) is 1.19. The predicted octanol–water partition coefficient (Wildman–Crippen LogP) is 3.46. The average Bonchev–Trinajstić information content (AvgIpc) is 1.96. The van der Waals surface area contributed by atoms with Crippen molar-refractivity contribution in [2.45, 2.75) is 44.1 Å². The molecule has 0 saturated carbocycles. The van der Waals surface area contributed by atoms with Gasteiger partial charge in [-0.1, -0.05) is 53.6 Å². The molecule has 0 aromatic carbocycles. The molecule has 0 aromatic rings. The van der Waals surface area contributed by atoms with Gasteiger partial charge in [-0.15, -0.1) is 0 Å².